The summed E-state index contributed by atoms with van der Waals surface area (Å²) in [5, 5.41) is 5.95. The van der Waals surface area contributed by atoms with Crippen molar-refractivity contribution >= 4 is 50.3 Å². The molecule has 0 atom stereocenters. The van der Waals surface area contributed by atoms with Crippen LogP contribution in [0.4, 0.5) is 10.1 Å². The largest absolute Gasteiger partial charge is 0.300 e. The predicted molar refractivity (Wildman–Crippen MR) is 116 cm³/mol. The molecule has 0 radical (unpaired) electrons. The zero-order chi connectivity index (χ0) is 19.8. The fraction of sp³-hybridized carbons (Fsp3) is 0.238. The van der Waals surface area contributed by atoms with E-state index in [1.54, 1.807) is 27.8 Å². The molecule has 0 spiro atoms. The maximum absolute atomic E-state index is 13.0. The highest BCUT2D eigenvalue weighted by Crippen LogP contribution is 2.43. The van der Waals surface area contributed by atoms with Crippen molar-refractivity contribution in [2.75, 3.05) is 23.3 Å². The molecule has 1 N–H and O–H groups in total. The predicted octanol–water partition coefficient (Wildman–Crippen LogP) is 3.52. The highest BCUT2D eigenvalue weighted by Gasteiger charge is 2.33. The molecule has 0 unspecified atom stereocenters. The van der Waals surface area contributed by atoms with Crippen LogP contribution in [0.1, 0.15) is 28.0 Å². The van der Waals surface area contributed by atoms with E-state index >= 15 is 0 Å². The number of aryl methyl sites for hydroxylation is 1. The van der Waals surface area contributed by atoms with Crippen LogP contribution in [0.2, 0.25) is 0 Å². The molecule has 1 aromatic carbocycles. The second-order valence-corrected chi connectivity index (χ2v) is 8.91. The van der Waals surface area contributed by atoms with Crippen molar-refractivity contribution in [3.8, 4) is 0 Å². The van der Waals surface area contributed by atoms with Gasteiger partial charge in [-0.25, -0.2) is 4.98 Å². The van der Waals surface area contributed by atoms with Crippen LogP contribution in [0.15, 0.2) is 46.9 Å². The highest BCUT2D eigenvalue weighted by molar-refractivity contribution is 7.17. The number of amides is 2. The molecule has 8 heteroatoms. The summed E-state index contributed by atoms with van der Waals surface area (Å²) in [4.78, 5) is 37.2. The third-order valence-corrected chi connectivity index (χ3v) is 7.09. The molecule has 29 heavy (non-hydrogen) atoms. The average Bonchev–Trinajstić information content (AvgIpc) is 3.44. The van der Waals surface area contributed by atoms with Crippen molar-refractivity contribution in [1.29, 1.82) is 0 Å². The minimum atomic E-state index is -0.254. The number of nitrogens with zero attached hydrogens (tertiary/aromatic N) is 3. The van der Waals surface area contributed by atoms with Crippen LogP contribution in [0.25, 0.3) is 0 Å². The number of carbonyl (C=O) groups is 2. The minimum Gasteiger partial charge on any atom is -0.300 e. The highest BCUT2D eigenvalue weighted by atomic mass is 32.1. The van der Waals surface area contributed by atoms with E-state index < -0.39 is 0 Å². The molecule has 5 rings (SSSR count). The van der Waals surface area contributed by atoms with Gasteiger partial charge < -0.3 is 5.32 Å². The lowest BCUT2D eigenvalue weighted by molar-refractivity contribution is -0.120. The van der Waals surface area contributed by atoms with Crippen LogP contribution >= 0.6 is 22.7 Å². The van der Waals surface area contributed by atoms with Crippen LogP contribution in [0, 0.1) is 0 Å². The molecule has 3 heterocycles. The summed E-state index contributed by atoms with van der Waals surface area (Å²) < 4.78 is 0. The number of carbonyl (C=O) groups excluding carboxylic acids is 2. The van der Waals surface area contributed by atoms with E-state index in [1.165, 1.54) is 21.8 Å². The number of thiophene rings is 1. The molecule has 0 fully saturated rings. The van der Waals surface area contributed by atoms with Crippen LogP contribution in [0.3, 0.4) is 0 Å². The van der Waals surface area contributed by atoms with Crippen molar-refractivity contribution in [3.05, 3.63) is 63.5 Å². The van der Waals surface area contributed by atoms with Gasteiger partial charge >= 0.3 is 0 Å². The van der Waals surface area contributed by atoms with E-state index in [0.29, 0.717) is 5.13 Å². The fourth-order valence-corrected chi connectivity index (χ4v) is 5.78. The second kappa shape index (κ2) is 7.53. The summed E-state index contributed by atoms with van der Waals surface area (Å²) in [6.07, 6.45) is 4.76. The number of anilines is 2. The van der Waals surface area contributed by atoms with E-state index in [-0.39, 0.29) is 24.9 Å². The number of benzene rings is 1. The maximum atomic E-state index is 13.0. The minimum absolute atomic E-state index is 0.0327. The number of hydrogen-bond donors (Lipinski definition) is 1. The van der Waals surface area contributed by atoms with Gasteiger partial charge in [-0.2, -0.15) is 0 Å². The van der Waals surface area contributed by atoms with Gasteiger partial charge in [-0.15, -0.1) is 22.7 Å². The Morgan fingerprint density at radius 2 is 2.07 bits per heavy atom. The molecule has 1 aliphatic heterocycles. The Hall–Kier alpha value is -2.84. The Morgan fingerprint density at radius 1 is 1.21 bits per heavy atom. The van der Waals surface area contributed by atoms with Gasteiger partial charge in [-0.3, -0.25) is 19.5 Å². The van der Waals surface area contributed by atoms with E-state index in [1.807, 2.05) is 30.3 Å². The van der Waals surface area contributed by atoms with E-state index in [4.69, 9.17) is 0 Å². The Kier molecular flexibility index (Phi) is 4.73. The zero-order valence-electron chi connectivity index (χ0n) is 15.6. The smallest absolute Gasteiger partial charge is 0.249 e. The Bertz CT molecular complexity index is 1100. The summed E-state index contributed by atoms with van der Waals surface area (Å²) in [5.74, 6) is -0.414. The summed E-state index contributed by atoms with van der Waals surface area (Å²) in [5.41, 5.74) is 4.17. The molecule has 0 saturated carbocycles. The van der Waals surface area contributed by atoms with Gasteiger partial charge in [0.25, 0.3) is 0 Å². The summed E-state index contributed by atoms with van der Waals surface area (Å²) in [6.45, 7) is -0.00662. The first-order valence-electron chi connectivity index (χ1n) is 9.45. The topological polar surface area (TPSA) is 74.7 Å². The molecule has 1 aliphatic carbocycles. The van der Waals surface area contributed by atoms with E-state index in [0.717, 1.165) is 41.1 Å². The summed E-state index contributed by atoms with van der Waals surface area (Å²) in [6, 6.07) is 9.99. The van der Waals surface area contributed by atoms with Crippen molar-refractivity contribution in [3.63, 3.8) is 0 Å². The number of aliphatic imine (C=N–C) groups is 1. The average molecular weight is 423 g/mol. The first-order chi connectivity index (χ1) is 14.2. The van der Waals surface area contributed by atoms with Gasteiger partial charge in [-0.05, 0) is 24.8 Å². The summed E-state index contributed by atoms with van der Waals surface area (Å²) >= 11 is 2.98. The Morgan fingerprint density at radius 3 is 2.86 bits per heavy atom. The molecule has 3 aromatic rings. The molecule has 2 aliphatic rings. The van der Waals surface area contributed by atoms with Crippen molar-refractivity contribution in [2.45, 2.75) is 19.3 Å². The number of rotatable bonds is 4. The number of fused-ring (bicyclic) bond motifs is 3. The van der Waals surface area contributed by atoms with E-state index in [2.05, 4.69) is 15.3 Å². The lowest BCUT2D eigenvalue weighted by Crippen LogP contribution is -2.38. The number of nitrogens with one attached hydrogen (secondary N) is 1. The molecule has 0 saturated heterocycles. The zero-order valence-corrected chi connectivity index (χ0v) is 17.2. The second-order valence-electron chi connectivity index (χ2n) is 6.93. The van der Waals surface area contributed by atoms with Crippen molar-refractivity contribution < 1.29 is 9.59 Å². The maximum Gasteiger partial charge on any atom is 0.249 e. The first-order valence-corrected chi connectivity index (χ1v) is 11.1. The third kappa shape index (κ3) is 3.38. The quantitative estimate of drug-likeness (QED) is 0.699. The standard InChI is InChI=1S/C21H18N4O2S2/c26-16(24-21-22-9-10-28-21)12-25-17(27)11-23-19(13-5-2-1-3-6-13)18-14-7-4-8-15(14)29-20(18)25/h1-3,5-6,9-10H,4,7-8,11-12H2,(H,22,24,26). The molecule has 2 aromatic heterocycles. The number of hydrogen-bond acceptors (Lipinski definition) is 6. The normalized spacial score (nSPS) is 15.5. The van der Waals surface area contributed by atoms with Gasteiger partial charge in [0.2, 0.25) is 11.8 Å². The number of aromatic nitrogens is 1. The lowest BCUT2D eigenvalue weighted by atomic mass is 9.99. The van der Waals surface area contributed by atoms with Crippen LogP contribution in [-0.2, 0) is 22.4 Å². The van der Waals surface area contributed by atoms with Crippen LogP contribution < -0.4 is 10.2 Å². The molecular formula is C21H18N4O2S2. The molecule has 0 bridgehead atoms. The van der Waals surface area contributed by atoms with Gasteiger partial charge in [-0.1, -0.05) is 30.3 Å². The summed E-state index contributed by atoms with van der Waals surface area (Å²) in [7, 11) is 0. The van der Waals surface area contributed by atoms with Gasteiger partial charge in [0, 0.05) is 27.6 Å². The third-order valence-electron chi connectivity index (χ3n) is 5.09. The van der Waals surface area contributed by atoms with Crippen LogP contribution in [-0.4, -0.2) is 35.6 Å². The van der Waals surface area contributed by atoms with E-state index in [9.17, 15) is 9.59 Å². The molecule has 146 valence electrons. The fourth-order valence-electron chi connectivity index (χ4n) is 3.83. The van der Waals surface area contributed by atoms with Gasteiger partial charge in [0.05, 0.1) is 5.71 Å². The molecular weight excluding hydrogens is 404 g/mol. The lowest BCUT2D eigenvalue weighted by Gasteiger charge is -2.20. The molecule has 6 nitrogen and oxygen atoms in total. The van der Waals surface area contributed by atoms with Gasteiger partial charge in [0.15, 0.2) is 5.13 Å². The van der Waals surface area contributed by atoms with Crippen molar-refractivity contribution in [2.24, 2.45) is 4.99 Å². The van der Waals surface area contributed by atoms with Crippen molar-refractivity contribution in [1.82, 2.24) is 4.98 Å². The number of thiazole rings is 1. The van der Waals surface area contributed by atoms with Crippen LogP contribution in [0.5, 0.6) is 0 Å². The Balaban J connectivity index is 1.54. The molecule has 2 amide bonds. The Labute approximate surface area is 175 Å². The SMILES string of the molecule is O=C(CN1C(=O)CN=C(c2ccccc2)c2c1sc1c2CCC1)Nc1nccs1. The van der Waals surface area contributed by atoms with Gasteiger partial charge in [0.1, 0.15) is 18.1 Å². The first kappa shape index (κ1) is 18.2. The monoisotopic (exact) mass is 422 g/mol.